The topological polar surface area (TPSA) is 70.7 Å². The first-order valence-electron chi connectivity index (χ1n) is 9.59. The maximum absolute atomic E-state index is 12.5. The van der Waals surface area contributed by atoms with E-state index in [1.807, 2.05) is 36.1 Å². The average Bonchev–Trinajstić information content (AvgIpc) is 2.67. The summed E-state index contributed by atoms with van der Waals surface area (Å²) >= 11 is 0. The van der Waals surface area contributed by atoms with Gasteiger partial charge in [-0.1, -0.05) is 12.1 Å². The summed E-state index contributed by atoms with van der Waals surface area (Å²) in [6.45, 7) is 5.57. The van der Waals surface area contributed by atoms with Gasteiger partial charge in [0, 0.05) is 38.3 Å². The molecule has 1 unspecified atom stereocenters. The van der Waals surface area contributed by atoms with Gasteiger partial charge in [0.15, 0.2) is 0 Å². The van der Waals surface area contributed by atoms with Crippen molar-refractivity contribution in [2.24, 2.45) is 5.92 Å². The number of anilines is 1. The molecule has 1 atom stereocenters. The molecule has 2 heterocycles. The lowest BCUT2D eigenvalue weighted by Gasteiger charge is -2.35. The Kier molecular flexibility index (Phi) is 6.63. The molecule has 0 aliphatic carbocycles. The van der Waals surface area contributed by atoms with Crippen LogP contribution in [0.25, 0.3) is 0 Å². The number of piperidine rings is 1. The summed E-state index contributed by atoms with van der Waals surface area (Å²) in [4.78, 5) is 26.5. The molecular weight excluding hydrogens is 330 g/mol. The number of ether oxygens (including phenoxy) is 1. The fourth-order valence-electron chi connectivity index (χ4n) is 3.65. The van der Waals surface area contributed by atoms with E-state index in [-0.39, 0.29) is 17.9 Å². The summed E-state index contributed by atoms with van der Waals surface area (Å²) in [6, 6.07) is 7.85. The number of nitrogens with zero attached hydrogens (tertiary/aromatic N) is 1. The number of aryl methyl sites for hydroxylation is 1. The molecule has 0 spiro atoms. The van der Waals surface area contributed by atoms with Crippen LogP contribution in [0.5, 0.6) is 0 Å². The molecule has 0 aromatic heterocycles. The molecule has 2 saturated heterocycles. The third-order valence-corrected chi connectivity index (χ3v) is 5.21. The third-order valence-electron chi connectivity index (χ3n) is 5.21. The minimum Gasteiger partial charge on any atom is -0.366 e. The first-order valence-corrected chi connectivity index (χ1v) is 9.59. The molecule has 2 amide bonds. The van der Waals surface area contributed by atoms with Gasteiger partial charge in [0.25, 0.3) is 5.91 Å². The normalized spacial score (nSPS) is 21.4. The van der Waals surface area contributed by atoms with Crippen molar-refractivity contribution in [2.75, 3.05) is 38.1 Å². The minimum absolute atomic E-state index is 0.0655. The molecule has 26 heavy (non-hydrogen) atoms. The van der Waals surface area contributed by atoms with E-state index in [0.717, 1.165) is 50.1 Å². The highest BCUT2D eigenvalue weighted by molar-refractivity contribution is 5.90. The number of carbonyl (C=O) groups excluding carboxylic acids is 2. The zero-order chi connectivity index (χ0) is 18.4. The van der Waals surface area contributed by atoms with Crippen molar-refractivity contribution < 1.29 is 14.3 Å². The van der Waals surface area contributed by atoms with Gasteiger partial charge in [-0.25, -0.2) is 0 Å². The van der Waals surface area contributed by atoms with Crippen LogP contribution >= 0.6 is 0 Å². The van der Waals surface area contributed by atoms with Crippen molar-refractivity contribution >= 4 is 17.5 Å². The number of likely N-dealkylation sites (tertiary alicyclic amines) is 1. The molecule has 0 radical (unpaired) electrons. The summed E-state index contributed by atoms with van der Waals surface area (Å²) in [7, 11) is 0. The minimum atomic E-state index is -0.333. The Balaban J connectivity index is 1.37. The summed E-state index contributed by atoms with van der Waals surface area (Å²) < 4.78 is 5.56. The standard InChI is InChI=1S/C20H29N3O3/c1-15-3-2-4-17(13-15)22-19(24)6-5-16-7-10-23(11-8-16)20(25)18-14-21-9-12-26-18/h2-4,13,16,18,21H,5-12,14H2,1H3,(H,22,24). The van der Waals surface area contributed by atoms with E-state index in [1.54, 1.807) is 0 Å². The van der Waals surface area contributed by atoms with Crippen molar-refractivity contribution in [1.29, 1.82) is 0 Å². The fraction of sp³-hybridized carbons (Fsp3) is 0.600. The van der Waals surface area contributed by atoms with Crippen molar-refractivity contribution in [3.05, 3.63) is 29.8 Å². The monoisotopic (exact) mass is 359 g/mol. The lowest BCUT2D eigenvalue weighted by molar-refractivity contribution is -0.146. The Hall–Kier alpha value is -1.92. The molecule has 1 aromatic carbocycles. The van der Waals surface area contributed by atoms with Gasteiger partial charge in [0.1, 0.15) is 6.10 Å². The maximum atomic E-state index is 12.5. The van der Waals surface area contributed by atoms with E-state index in [1.165, 1.54) is 0 Å². The number of nitrogens with one attached hydrogen (secondary N) is 2. The van der Waals surface area contributed by atoms with E-state index >= 15 is 0 Å². The smallest absolute Gasteiger partial charge is 0.253 e. The van der Waals surface area contributed by atoms with Gasteiger partial charge < -0.3 is 20.3 Å². The summed E-state index contributed by atoms with van der Waals surface area (Å²) in [6.07, 6.45) is 3.00. The van der Waals surface area contributed by atoms with E-state index in [4.69, 9.17) is 4.74 Å². The molecule has 2 fully saturated rings. The largest absolute Gasteiger partial charge is 0.366 e. The van der Waals surface area contributed by atoms with Crippen molar-refractivity contribution in [3.63, 3.8) is 0 Å². The van der Waals surface area contributed by atoms with Gasteiger partial charge >= 0.3 is 0 Å². The number of hydrogen-bond acceptors (Lipinski definition) is 4. The zero-order valence-electron chi connectivity index (χ0n) is 15.5. The molecule has 1 aromatic rings. The van der Waals surface area contributed by atoms with Crippen LogP contribution in [0.4, 0.5) is 5.69 Å². The maximum Gasteiger partial charge on any atom is 0.253 e. The predicted molar refractivity (Wildman–Crippen MR) is 101 cm³/mol. The van der Waals surface area contributed by atoms with Gasteiger partial charge in [-0.2, -0.15) is 0 Å². The molecule has 0 saturated carbocycles. The second kappa shape index (κ2) is 9.14. The lowest BCUT2D eigenvalue weighted by atomic mass is 9.91. The Labute approximate surface area is 155 Å². The van der Waals surface area contributed by atoms with Crippen molar-refractivity contribution in [2.45, 2.75) is 38.7 Å². The summed E-state index contributed by atoms with van der Waals surface area (Å²) in [5, 5.41) is 6.17. The zero-order valence-corrected chi connectivity index (χ0v) is 15.5. The molecule has 0 bridgehead atoms. The van der Waals surface area contributed by atoms with Crippen LogP contribution in [0.3, 0.4) is 0 Å². The molecular formula is C20H29N3O3. The summed E-state index contributed by atoms with van der Waals surface area (Å²) in [5.41, 5.74) is 1.99. The number of amides is 2. The van der Waals surface area contributed by atoms with Gasteiger partial charge in [-0.15, -0.1) is 0 Å². The van der Waals surface area contributed by atoms with Gasteiger partial charge in [-0.3, -0.25) is 9.59 Å². The highest BCUT2D eigenvalue weighted by Gasteiger charge is 2.29. The predicted octanol–water partition coefficient (Wildman–Crippen LogP) is 1.94. The Bertz CT molecular complexity index is 620. The van der Waals surface area contributed by atoms with Gasteiger partial charge in [0.2, 0.25) is 5.91 Å². The Morgan fingerprint density at radius 2 is 2.12 bits per heavy atom. The first kappa shape index (κ1) is 18.9. The van der Waals surface area contributed by atoms with Crippen LogP contribution in [-0.4, -0.2) is 55.6 Å². The number of carbonyl (C=O) groups is 2. The second-order valence-electron chi connectivity index (χ2n) is 7.29. The van der Waals surface area contributed by atoms with Crippen LogP contribution in [0.15, 0.2) is 24.3 Å². The molecule has 2 aliphatic heterocycles. The van der Waals surface area contributed by atoms with E-state index in [0.29, 0.717) is 25.5 Å². The second-order valence-corrected chi connectivity index (χ2v) is 7.29. The summed E-state index contributed by atoms with van der Waals surface area (Å²) in [5.74, 6) is 0.677. The highest BCUT2D eigenvalue weighted by Crippen LogP contribution is 2.23. The van der Waals surface area contributed by atoms with Crippen LogP contribution in [0.1, 0.15) is 31.2 Å². The molecule has 2 aliphatic rings. The van der Waals surface area contributed by atoms with Gasteiger partial charge in [0.05, 0.1) is 6.61 Å². The average molecular weight is 359 g/mol. The van der Waals surface area contributed by atoms with Crippen molar-refractivity contribution in [1.82, 2.24) is 10.2 Å². The van der Waals surface area contributed by atoms with E-state index in [2.05, 4.69) is 10.6 Å². The molecule has 142 valence electrons. The number of rotatable bonds is 5. The van der Waals surface area contributed by atoms with E-state index in [9.17, 15) is 9.59 Å². The number of hydrogen-bond donors (Lipinski definition) is 2. The SMILES string of the molecule is Cc1cccc(NC(=O)CCC2CCN(C(=O)C3CNCCO3)CC2)c1. The Morgan fingerprint density at radius 1 is 1.31 bits per heavy atom. The number of morpholine rings is 1. The lowest BCUT2D eigenvalue weighted by Crippen LogP contribution is -2.51. The van der Waals surface area contributed by atoms with Crippen LogP contribution in [-0.2, 0) is 14.3 Å². The third kappa shape index (κ3) is 5.29. The quantitative estimate of drug-likeness (QED) is 0.843. The molecule has 3 rings (SSSR count). The fourth-order valence-corrected chi connectivity index (χ4v) is 3.65. The highest BCUT2D eigenvalue weighted by atomic mass is 16.5. The van der Waals surface area contributed by atoms with Crippen LogP contribution in [0.2, 0.25) is 0 Å². The van der Waals surface area contributed by atoms with Crippen LogP contribution < -0.4 is 10.6 Å². The molecule has 6 heteroatoms. The molecule has 2 N–H and O–H groups in total. The molecule has 6 nitrogen and oxygen atoms in total. The van der Waals surface area contributed by atoms with Gasteiger partial charge in [-0.05, 0) is 49.8 Å². The van der Waals surface area contributed by atoms with Crippen molar-refractivity contribution in [3.8, 4) is 0 Å². The van der Waals surface area contributed by atoms with E-state index < -0.39 is 0 Å². The van der Waals surface area contributed by atoms with Crippen LogP contribution in [0, 0.1) is 12.8 Å². The number of benzene rings is 1. The first-order chi connectivity index (χ1) is 12.6. The Morgan fingerprint density at radius 3 is 2.81 bits per heavy atom.